The molecule has 2 aromatic rings. The average molecular weight is 394 g/mol. The van der Waals surface area contributed by atoms with E-state index < -0.39 is 0 Å². The third kappa shape index (κ3) is 5.04. The molecule has 0 aromatic heterocycles. The molecule has 0 bridgehead atoms. The molecule has 3 rings (SSSR count). The van der Waals surface area contributed by atoms with E-state index in [1.165, 1.54) is 0 Å². The molecule has 1 saturated heterocycles. The topological polar surface area (TPSA) is 55.8 Å². The summed E-state index contributed by atoms with van der Waals surface area (Å²) in [5.41, 5.74) is 1.65. The number of anilines is 2. The highest BCUT2D eigenvalue weighted by Gasteiger charge is 2.18. The van der Waals surface area contributed by atoms with Crippen molar-refractivity contribution in [2.75, 3.05) is 42.9 Å². The third-order valence-electron chi connectivity index (χ3n) is 4.44. The van der Waals surface area contributed by atoms with Gasteiger partial charge >= 0.3 is 0 Å². The van der Waals surface area contributed by atoms with E-state index in [1.54, 1.807) is 30.3 Å². The summed E-state index contributed by atoms with van der Waals surface area (Å²) in [4.78, 5) is 16.7. The van der Waals surface area contributed by atoms with Crippen LogP contribution in [0.4, 0.5) is 11.4 Å². The number of nitrogens with zero attached hydrogens (tertiary/aromatic N) is 2. The van der Waals surface area contributed by atoms with Crippen molar-refractivity contribution in [3.63, 3.8) is 0 Å². The second kappa shape index (κ2) is 8.62. The lowest BCUT2D eigenvalue weighted by molar-refractivity contribution is -0.116. The first-order chi connectivity index (χ1) is 12.5. The molecule has 0 radical (unpaired) electrons. The smallest absolute Gasteiger partial charge is 0.225 e. The van der Waals surface area contributed by atoms with Gasteiger partial charge in [-0.15, -0.1) is 0 Å². The molecule has 0 atom stereocenters. The molecular weight excluding hydrogens is 373 g/mol. The molecule has 2 N–H and O–H groups in total. The largest absolute Gasteiger partial charge is 0.508 e. The highest BCUT2D eigenvalue weighted by atomic mass is 35.5. The average Bonchev–Trinajstić information content (AvgIpc) is 2.64. The fourth-order valence-electron chi connectivity index (χ4n) is 2.96. The standard InChI is InChI=1S/C19H21Cl2N3O2/c20-14-1-6-17(21)18(13-14)22-19(26)7-8-23-9-11-24(12-10-23)15-2-4-16(25)5-3-15/h1-6,13,25H,7-12H2,(H,22,26). The number of nitrogens with one attached hydrogen (secondary N) is 1. The number of hydrogen-bond acceptors (Lipinski definition) is 4. The molecule has 0 unspecified atom stereocenters. The first-order valence-electron chi connectivity index (χ1n) is 8.52. The van der Waals surface area contributed by atoms with Gasteiger partial charge in [-0.1, -0.05) is 23.2 Å². The molecule has 1 amide bonds. The highest BCUT2D eigenvalue weighted by Crippen LogP contribution is 2.25. The van der Waals surface area contributed by atoms with Gasteiger partial charge in [0.15, 0.2) is 0 Å². The van der Waals surface area contributed by atoms with E-state index >= 15 is 0 Å². The number of carbonyl (C=O) groups excluding carboxylic acids is 1. The van der Waals surface area contributed by atoms with Gasteiger partial charge in [-0.25, -0.2) is 0 Å². The predicted molar refractivity (Wildman–Crippen MR) is 106 cm³/mol. The van der Waals surface area contributed by atoms with Crippen molar-refractivity contribution in [3.8, 4) is 5.75 Å². The molecule has 0 aliphatic carbocycles. The van der Waals surface area contributed by atoms with Crippen molar-refractivity contribution in [1.29, 1.82) is 0 Å². The van der Waals surface area contributed by atoms with Gasteiger partial charge < -0.3 is 15.3 Å². The normalized spacial score (nSPS) is 15.1. The van der Waals surface area contributed by atoms with E-state index in [-0.39, 0.29) is 11.7 Å². The van der Waals surface area contributed by atoms with E-state index in [0.717, 1.165) is 31.9 Å². The zero-order valence-corrected chi connectivity index (χ0v) is 15.8. The summed E-state index contributed by atoms with van der Waals surface area (Å²) in [6.45, 7) is 4.28. The number of benzene rings is 2. The van der Waals surface area contributed by atoms with Crippen molar-refractivity contribution >= 4 is 40.5 Å². The van der Waals surface area contributed by atoms with Crippen LogP contribution in [0.25, 0.3) is 0 Å². The van der Waals surface area contributed by atoms with Crippen LogP contribution in [-0.4, -0.2) is 48.6 Å². The summed E-state index contributed by atoms with van der Waals surface area (Å²) in [6, 6.07) is 12.3. The van der Waals surface area contributed by atoms with Crippen LogP contribution in [-0.2, 0) is 4.79 Å². The molecular formula is C19H21Cl2N3O2. The lowest BCUT2D eigenvalue weighted by Crippen LogP contribution is -2.47. The van der Waals surface area contributed by atoms with Crippen molar-refractivity contribution in [3.05, 3.63) is 52.5 Å². The molecule has 1 aliphatic heterocycles. The van der Waals surface area contributed by atoms with Crippen LogP contribution < -0.4 is 10.2 Å². The van der Waals surface area contributed by atoms with Gasteiger partial charge in [0, 0.05) is 49.9 Å². The lowest BCUT2D eigenvalue weighted by Gasteiger charge is -2.36. The summed E-state index contributed by atoms with van der Waals surface area (Å²) in [7, 11) is 0. The SMILES string of the molecule is O=C(CCN1CCN(c2ccc(O)cc2)CC1)Nc1cc(Cl)ccc1Cl. The Bertz CT molecular complexity index is 760. The first kappa shape index (κ1) is 18.8. The number of piperazine rings is 1. The monoisotopic (exact) mass is 393 g/mol. The Hall–Kier alpha value is -1.95. The highest BCUT2D eigenvalue weighted by molar-refractivity contribution is 6.35. The van der Waals surface area contributed by atoms with Crippen LogP contribution in [0.3, 0.4) is 0 Å². The molecule has 7 heteroatoms. The van der Waals surface area contributed by atoms with Gasteiger partial charge in [-0.2, -0.15) is 0 Å². The minimum Gasteiger partial charge on any atom is -0.508 e. The number of carbonyl (C=O) groups is 1. The van der Waals surface area contributed by atoms with Crippen LogP contribution in [0.15, 0.2) is 42.5 Å². The Labute approximate surface area is 163 Å². The van der Waals surface area contributed by atoms with E-state index in [2.05, 4.69) is 15.1 Å². The molecule has 0 spiro atoms. The number of rotatable bonds is 5. The zero-order valence-electron chi connectivity index (χ0n) is 14.3. The molecule has 2 aromatic carbocycles. The predicted octanol–water partition coefficient (Wildman–Crippen LogP) is 3.85. The number of halogens is 2. The summed E-state index contributed by atoms with van der Waals surface area (Å²) < 4.78 is 0. The van der Waals surface area contributed by atoms with Crippen molar-refractivity contribution < 1.29 is 9.90 Å². The Morgan fingerprint density at radius 1 is 1.04 bits per heavy atom. The summed E-state index contributed by atoms with van der Waals surface area (Å²) in [5, 5.41) is 13.2. The molecule has 5 nitrogen and oxygen atoms in total. The van der Waals surface area contributed by atoms with E-state index in [0.29, 0.717) is 28.7 Å². The van der Waals surface area contributed by atoms with E-state index in [9.17, 15) is 9.90 Å². The summed E-state index contributed by atoms with van der Waals surface area (Å²) in [5.74, 6) is 0.202. The molecule has 138 valence electrons. The van der Waals surface area contributed by atoms with Crippen LogP contribution >= 0.6 is 23.2 Å². The fourth-order valence-corrected chi connectivity index (χ4v) is 3.30. The van der Waals surface area contributed by atoms with E-state index in [1.807, 2.05) is 12.1 Å². The minimum absolute atomic E-state index is 0.0740. The Kier molecular flexibility index (Phi) is 6.25. The maximum atomic E-state index is 12.2. The zero-order chi connectivity index (χ0) is 18.5. The Balaban J connectivity index is 1.44. The maximum absolute atomic E-state index is 12.2. The first-order valence-corrected chi connectivity index (χ1v) is 9.28. The van der Waals surface area contributed by atoms with Gasteiger partial charge in [0.2, 0.25) is 5.91 Å². The fraction of sp³-hybridized carbons (Fsp3) is 0.316. The van der Waals surface area contributed by atoms with Crippen LogP contribution in [0, 0.1) is 0 Å². The minimum atomic E-state index is -0.0740. The van der Waals surface area contributed by atoms with Crippen molar-refractivity contribution in [2.24, 2.45) is 0 Å². The van der Waals surface area contributed by atoms with Crippen LogP contribution in [0.1, 0.15) is 6.42 Å². The number of aromatic hydroxyl groups is 1. The van der Waals surface area contributed by atoms with Gasteiger partial charge in [-0.05, 0) is 42.5 Å². The number of phenolic OH excluding ortho intramolecular Hbond substituents is 1. The number of hydrogen-bond donors (Lipinski definition) is 2. The van der Waals surface area contributed by atoms with Crippen LogP contribution in [0.5, 0.6) is 5.75 Å². The number of phenols is 1. The van der Waals surface area contributed by atoms with Gasteiger partial charge in [0.25, 0.3) is 0 Å². The second-order valence-corrected chi connectivity index (χ2v) is 7.11. The van der Waals surface area contributed by atoms with Gasteiger partial charge in [0.1, 0.15) is 5.75 Å². The number of amides is 1. The third-order valence-corrected chi connectivity index (χ3v) is 5.01. The van der Waals surface area contributed by atoms with Crippen LogP contribution in [0.2, 0.25) is 10.0 Å². The molecule has 1 fully saturated rings. The quantitative estimate of drug-likeness (QED) is 0.809. The van der Waals surface area contributed by atoms with Gasteiger partial charge in [-0.3, -0.25) is 9.69 Å². The molecule has 0 saturated carbocycles. The Morgan fingerprint density at radius 2 is 1.73 bits per heavy atom. The molecule has 1 heterocycles. The van der Waals surface area contributed by atoms with Gasteiger partial charge in [0.05, 0.1) is 10.7 Å². The Morgan fingerprint density at radius 3 is 2.42 bits per heavy atom. The second-order valence-electron chi connectivity index (χ2n) is 6.27. The van der Waals surface area contributed by atoms with Crippen molar-refractivity contribution in [1.82, 2.24) is 4.90 Å². The summed E-state index contributed by atoms with van der Waals surface area (Å²) in [6.07, 6.45) is 0.405. The lowest BCUT2D eigenvalue weighted by atomic mass is 10.2. The molecule has 1 aliphatic rings. The van der Waals surface area contributed by atoms with Crippen molar-refractivity contribution in [2.45, 2.75) is 6.42 Å². The maximum Gasteiger partial charge on any atom is 0.225 e. The van der Waals surface area contributed by atoms with E-state index in [4.69, 9.17) is 23.2 Å². The summed E-state index contributed by atoms with van der Waals surface area (Å²) >= 11 is 12.0. The molecule has 26 heavy (non-hydrogen) atoms.